The summed E-state index contributed by atoms with van der Waals surface area (Å²) in [6.45, 7) is 1.09. The number of hydrogen-bond donors (Lipinski definition) is 0. The van der Waals surface area contributed by atoms with Gasteiger partial charge in [0.2, 0.25) is 0 Å². The summed E-state index contributed by atoms with van der Waals surface area (Å²) in [4.78, 5) is 14.7. The van der Waals surface area contributed by atoms with Crippen molar-refractivity contribution < 1.29 is 4.79 Å². The predicted molar refractivity (Wildman–Crippen MR) is 68.0 cm³/mol. The Morgan fingerprint density at radius 3 is 2.71 bits per heavy atom. The Morgan fingerprint density at radius 2 is 1.94 bits per heavy atom. The van der Waals surface area contributed by atoms with Crippen LogP contribution in [-0.2, 0) is 6.42 Å². The van der Waals surface area contributed by atoms with Crippen molar-refractivity contribution in [3.05, 3.63) is 46.7 Å². The number of benzene rings is 1. The third kappa shape index (κ3) is 1.68. The molecule has 17 heavy (non-hydrogen) atoms. The topological polar surface area (TPSA) is 20.3 Å². The van der Waals surface area contributed by atoms with E-state index < -0.39 is 0 Å². The fourth-order valence-corrected chi connectivity index (χ4v) is 2.96. The molecule has 0 saturated carbocycles. The minimum Gasteiger partial charge on any atom is -0.378 e. The van der Waals surface area contributed by atoms with Gasteiger partial charge in [-0.15, -0.1) is 0 Å². The molecule has 0 unspecified atom stereocenters. The number of aryl methyl sites for hydroxylation is 1. The van der Waals surface area contributed by atoms with E-state index in [0.717, 1.165) is 36.9 Å². The maximum atomic E-state index is 12.5. The van der Waals surface area contributed by atoms with Crippen molar-refractivity contribution in [2.45, 2.75) is 25.7 Å². The van der Waals surface area contributed by atoms with Crippen LogP contribution in [0.15, 0.2) is 35.5 Å². The van der Waals surface area contributed by atoms with E-state index in [0.29, 0.717) is 0 Å². The van der Waals surface area contributed by atoms with E-state index in [2.05, 4.69) is 18.0 Å². The largest absolute Gasteiger partial charge is 0.378 e. The van der Waals surface area contributed by atoms with Crippen molar-refractivity contribution >= 4 is 5.78 Å². The van der Waals surface area contributed by atoms with Gasteiger partial charge in [0.1, 0.15) is 0 Å². The molecule has 1 aliphatic carbocycles. The number of carbonyl (C=O) groups is 1. The van der Waals surface area contributed by atoms with Crippen molar-refractivity contribution in [3.8, 4) is 0 Å². The Bertz CT molecular complexity index is 501. The van der Waals surface area contributed by atoms with Crippen LogP contribution >= 0.6 is 0 Å². The van der Waals surface area contributed by atoms with Crippen molar-refractivity contribution in [2.75, 3.05) is 13.6 Å². The zero-order valence-corrected chi connectivity index (χ0v) is 10.2. The summed E-state index contributed by atoms with van der Waals surface area (Å²) in [7, 11) is 2.10. The highest BCUT2D eigenvalue weighted by Gasteiger charge is 2.27. The summed E-state index contributed by atoms with van der Waals surface area (Å²) in [6.07, 6.45) is 4.17. The first-order chi connectivity index (χ1) is 8.27. The van der Waals surface area contributed by atoms with Crippen LogP contribution in [0.1, 0.15) is 35.2 Å². The van der Waals surface area contributed by atoms with Crippen LogP contribution in [0.3, 0.4) is 0 Å². The monoisotopic (exact) mass is 227 g/mol. The van der Waals surface area contributed by atoms with E-state index in [1.54, 1.807) is 0 Å². The van der Waals surface area contributed by atoms with E-state index in [4.69, 9.17) is 0 Å². The fraction of sp³-hybridized carbons (Fsp3) is 0.400. The maximum Gasteiger partial charge on any atom is 0.191 e. The first kappa shape index (κ1) is 10.6. The summed E-state index contributed by atoms with van der Waals surface area (Å²) in [5.41, 5.74) is 4.47. The van der Waals surface area contributed by atoms with Crippen LogP contribution in [0.5, 0.6) is 0 Å². The number of fused-ring (bicyclic) bond motifs is 1. The molecule has 0 amide bonds. The SMILES string of the molecule is CN1CCC/C1=C1\CCc2ccccc2C1=O. The number of Topliss-reactive ketones (excluding diaryl/α,β-unsaturated/α-hetero) is 1. The molecule has 2 nitrogen and oxygen atoms in total. The number of allylic oxidation sites excluding steroid dienone is 2. The summed E-state index contributed by atoms with van der Waals surface area (Å²) in [6, 6.07) is 8.02. The summed E-state index contributed by atoms with van der Waals surface area (Å²) in [5, 5.41) is 0. The number of rotatable bonds is 0. The maximum absolute atomic E-state index is 12.5. The number of carbonyl (C=O) groups excluding carboxylic acids is 1. The smallest absolute Gasteiger partial charge is 0.191 e. The molecule has 1 aromatic rings. The van der Waals surface area contributed by atoms with E-state index in [-0.39, 0.29) is 5.78 Å². The van der Waals surface area contributed by atoms with Gasteiger partial charge >= 0.3 is 0 Å². The molecular weight excluding hydrogens is 210 g/mol. The molecule has 0 atom stereocenters. The molecule has 2 aliphatic rings. The lowest BCUT2D eigenvalue weighted by molar-refractivity contribution is 0.102. The molecule has 1 saturated heterocycles. The van der Waals surface area contributed by atoms with Crippen molar-refractivity contribution in [2.24, 2.45) is 0 Å². The predicted octanol–water partition coefficient (Wildman–Crippen LogP) is 2.80. The van der Waals surface area contributed by atoms with Gasteiger partial charge in [-0.25, -0.2) is 0 Å². The van der Waals surface area contributed by atoms with Crippen molar-refractivity contribution in [1.82, 2.24) is 4.90 Å². The Labute approximate surface area is 102 Å². The highest BCUT2D eigenvalue weighted by molar-refractivity contribution is 6.11. The van der Waals surface area contributed by atoms with E-state index in [9.17, 15) is 4.79 Å². The number of likely N-dealkylation sites (tertiary alicyclic amines) is 1. The molecule has 1 fully saturated rings. The molecule has 3 rings (SSSR count). The molecule has 0 spiro atoms. The lowest BCUT2D eigenvalue weighted by Gasteiger charge is -2.22. The van der Waals surface area contributed by atoms with Crippen molar-refractivity contribution in [1.29, 1.82) is 0 Å². The zero-order chi connectivity index (χ0) is 11.8. The van der Waals surface area contributed by atoms with Gasteiger partial charge in [0.25, 0.3) is 0 Å². The van der Waals surface area contributed by atoms with E-state index in [1.165, 1.54) is 17.7 Å². The molecular formula is C15H17NO. The van der Waals surface area contributed by atoms with Crippen LogP contribution in [-0.4, -0.2) is 24.3 Å². The van der Waals surface area contributed by atoms with Crippen LogP contribution < -0.4 is 0 Å². The molecule has 2 heteroatoms. The lowest BCUT2D eigenvalue weighted by Crippen LogP contribution is -2.20. The average molecular weight is 227 g/mol. The van der Waals surface area contributed by atoms with Crippen LogP contribution in [0.2, 0.25) is 0 Å². The second-order valence-electron chi connectivity index (χ2n) is 4.94. The van der Waals surface area contributed by atoms with Gasteiger partial charge in [-0.05, 0) is 31.2 Å². The molecule has 0 N–H and O–H groups in total. The van der Waals surface area contributed by atoms with Crippen LogP contribution in [0.25, 0.3) is 0 Å². The van der Waals surface area contributed by atoms with E-state index >= 15 is 0 Å². The minimum absolute atomic E-state index is 0.260. The van der Waals surface area contributed by atoms with Gasteiger partial charge < -0.3 is 4.90 Å². The first-order valence-corrected chi connectivity index (χ1v) is 6.33. The minimum atomic E-state index is 0.260. The van der Waals surface area contributed by atoms with Gasteiger partial charge in [-0.3, -0.25) is 4.79 Å². The Morgan fingerprint density at radius 1 is 1.12 bits per heavy atom. The zero-order valence-electron chi connectivity index (χ0n) is 10.2. The second kappa shape index (κ2) is 4.02. The Balaban J connectivity index is 2.05. The molecule has 0 radical (unpaired) electrons. The third-order valence-corrected chi connectivity index (χ3v) is 3.90. The van der Waals surface area contributed by atoms with Gasteiger partial charge in [0, 0.05) is 30.4 Å². The quantitative estimate of drug-likeness (QED) is 0.635. The van der Waals surface area contributed by atoms with Gasteiger partial charge in [-0.1, -0.05) is 24.3 Å². The number of ketones is 1. The second-order valence-corrected chi connectivity index (χ2v) is 4.94. The Hall–Kier alpha value is -1.57. The van der Waals surface area contributed by atoms with Crippen molar-refractivity contribution in [3.63, 3.8) is 0 Å². The normalized spacial score (nSPS) is 24.1. The highest BCUT2D eigenvalue weighted by Crippen LogP contribution is 2.31. The molecule has 1 heterocycles. The molecule has 0 bridgehead atoms. The first-order valence-electron chi connectivity index (χ1n) is 6.33. The Kier molecular flexibility index (Phi) is 2.50. The standard InChI is InChI=1S/C15H17NO/c1-16-10-4-7-14(16)13-9-8-11-5-2-3-6-12(11)15(13)17/h2-3,5-6H,4,7-10H2,1H3/b14-13-. The number of hydrogen-bond acceptors (Lipinski definition) is 2. The average Bonchev–Trinajstić information content (AvgIpc) is 2.76. The van der Waals surface area contributed by atoms with Crippen LogP contribution in [0.4, 0.5) is 0 Å². The molecule has 88 valence electrons. The highest BCUT2D eigenvalue weighted by atomic mass is 16.1. The molecule has 0 aromatic heterocycles. The van der Waals surface area contributed by atoms with Crippen LogP contribution in [0, 0.1) is 0 Å². The lowest BCUT2D eigenvalue weighted by atomic mass is 9.85. The molecule has 1 aromatic carbocycles. The molecule has 1 aliphatic heterocycles. The van der Waals surface area contributed by atoms with Gasteiger partial charge in [-0.2, -0.15) is 0 Å². The van der Waals surface area contributed by atoms with Gasteiger partial charge in [0.05, 0.1) is 0 Å². The summed E-state index contributed by atoms with van der Waals surface area (Å²) in [5.74, 6) is 0.260. The summed E-state index contributed by atoms with van der Waals surface area (Å²) < 4.78 is 0. The van der Waals surface area contributed by atoms with Gasteiger partial charge in [0.15, 0.2) is 5.78 Å². The summed E-state index contributed by atoms with van der Waals surface area (Å²) >= 11 is 0. The number of nitrogens with zero attached hydrogens (tertiary/aromatic N) is 1. The fourth-order valence-electron chi connectivity index (χ4n) is 2.96. The van der Waals surface area contributed by atoms with E-state index in [1.807, 2.05) is 18.2 Å². The third-order valence-electron chi connectivity index (χ3n) is 3.90.